The van der Waals surface area contributed by atoms with E-state index in [4.69, 9.17) is 9.52 Å². The number of rotatable bonds is 7. The number of aromatic nitrogens is 1. The quantitative estimate of drug-likeness (QED) is 0.535. The fourth-order valence-corrected chi connectivity index (χ4v) is 4.38. The van der Waals surface area contributed by atoms with Gasteiger partial charge in [-0.15, -0.1) is 0 Å². The fourth-order valence-electron chi connectivity index (χ4n) is 3.97. The first kappa shape index (κ1) is 23.3. The molecule has 2 N–H and O–H groups in total. The predicted molar refractivity (Wildman–Crippen MR) is 117 cm³/mol. The topological polar surface area (TPSA) is 95.4 Å². The van der Waals surface area contributed by atoms with Crippen molar-refractivity contribution in [3.8, 4) is 5.88 Å². The number of hydrogen-bond acceptors (Lipinski definition) is 7. The number of benzene rings is 1. The molecule has 0 bridgehead atoms. The molecule has 1 spiro atoms. The summed E-state index contributed by atoms with van der Waals surface area (Å²) in [4.78, 5) is 19.3. The third-order valence-corrected chi connectivity index (χ3v) is 6.83. The first-order valence-electron chi connectivity index (χ1n) is 10.6. The van der Waals surface area contributed by atoms with Crippen molar-refractivity contribution < 1.29 is 26.9 Å². The Bertz CT molecular complexity index is 1100. The fraction of sp³-hybridized carbons (Fsp3) is 0.455. The molecule has 4 rings (SSSR count). The Labute approximate surface area is 191 Å². The molecule has 2 fully saturated rings. The first-order valence-corrected chi connectivity index (χ1v) is 11.8. The van der Waals surface area contributed by atoms with Gasteiger partial charge in [0.15, 0.2) is 0 Å². The smallest absolute Gasteiger partial charge is 0.392 e. The van der Waals surface area contributed by atoms with Crippen LogP contribution < -0.4 is 15.0 Å². The average Bonchev–Trinajstić information content (AvgIpc) is 3.52. The van der Waals surface area contributed by atoms with Crippen LogP contribution in [0.15, 0.2) is 41.3 Å². The normalized spacial score (nSPS) is 17.3. The standard InChI is InChI=1S/C22H24F3N4O3S/c23-22(24,25)10-13-32-19-3-1-2-17(27-19)20(30)28-16-5-4-15(33(26)31)14-18(16)29-11-8-21(6-7-21)9-12-29/h1-5,14,26H,6-13H2,(H,28,30)/q-1. The molecule has 1 amide bonds. The number of ether oxygens (including phenoxy) is 1. The minimum Gasteiger partial charge on any atom is -0.477 e. The number of piperidine rings is 1. The van der Waals surface area contributed by atoms with Crippen molar-refractivity contribution in [2.45, 2.75) is 43.2 Å². The van der Waals surface area contributed by atoms with E-state index in [1.165, 1.54) is 37.1 Å². The van der Waals surface area contributed by atoms with E-state index >= 15 is 0 Å². The van der Waals surface area contributed by atoms with Gasteiger partial charge >= 0.3 is 6.18 Å². The zero-order valence-electron chi connectivity index (χ0n) is 17.8. The third kappa shape index (κ3) is 5.95. The summed E-state index contributed by atoms with van der Waals surface area (Å²) in [6.07, 6.45) is -0.868. The van der Waals surface area contributed by atoms with Gasteiger partial charge in [-0.1, -0.05) is 23.1 Å². The number of nitrogens with one attached hydrogen (secondary N) is 2. The highest BCUT2D eigenvalue weighted by molar-refractivity contribution is 7.73. The van der Waals surface area contributed by atoms with Gasteiger partial charge in [0.05, 0.1) is 24.4 Å². The van der Waals surface area contributed by atoms with Gasteiger partial charge in [0.25, 0.3) is 5.91 Å². The maximum Gasteiger partial charge on any atom is 0.392 e. The van der Waals surface area contributed by atoms with Crippen molar-refractivity contribution in [2.24, 2.45) is 5.41 Å². The Kier molecular flexibility index (Phi) is 6.51. The minimum atomic E-state index is -4.34. The Hall–Kier alpha value is -2.82. The van der Waals surface area contributed by atoms with Crippen LogP contribution in [0.5, 0.6) is 5.88 Å². The highest BCUT2D eigenvalue weighted by Gasteiger charge is 2.44. The van der Waals surface area contributed by atoms with Crippen LogP contribution in [-0.4, -0.2) is 36.8 Å². The van der Waals surface area contributed by atoms with Crippen molar-refractivity contribution in [3.63, 3.8) is 0 Å². The van der Waals surface area contributed by atoms with Crippen LogP contribution in [-0.2, 0) is 14.8 Å². The highest BCUT2D eigenvalue weighted by atomic mass is 32.2. The Morgan fingerprint density at radius 3 is 2.55 bits per heavy atom. The van der Waals surface area contributed by atoms with Gasteiger partial charge in [-0.05, 0) is 43.2 Å². The molecule has 1 aromatic heterocycles. The largest absolute Gasteiger partial charge is 0.477 e. The van der Waals surface area contributed by atoms with Gasteiger partial charge in [-0.3, -0.25) is 4.79 Å². The second kappa shape index (κ2) is 9.20. The van der Waals surface area contributed by atoms with Gasteiger partial charge < -0.3 is 23.9 Å². The van der Waals surface area contributed by atoms with E-state index < -0.39 is 35.7 Å². The summed E-state index contributed by atoms with van der Waals surface area (Å²) in [7, 11) is -1.91. The zero-order valence-corrected chi connectivity index (χ0v) is 18.6. The van der Waals surface area contributed by atoms with E-state index in [9.17, 15) is 22.2 Å². The SMILES string of the molecule is N=[S-](=O)c1ccc(NC(=O)c2cccc(OCCC(F)(F)F)n2)c(N2CCC3(CC2)CC3)c1. The third-order valence-electron chi connectivity index (χ3n) is 6.15. The molecule has 33 heavy (non-hydrogen) atoms. The monoisotopic (exact) mass is 481 g/mol. The van der Waals surface area contributed by atoms with E-state index in [2.05, 4.69) is 15.2 Å². The van der Waals surface area contributed by atoms with E-state index in [1.807, 2.05) is 0 Å². The van der Waals surface area contributed by atoms with Crippen LogP contribution in [0.25, 0.3) is 0 Å². The molecule has 2 aromatic rings. The molecule has 7 nitrogen and oxygen atoms in total. The Morgan fingerprint density at radius 1 is 1.18 bits per heavy atom. The maximum atomic E-state index is 12.8. The molecule has 178 valence electrons. The summed E-state index contributed by atoms with van der Waals surface area (Å²) >= 11 is 0. The molecular formula is C22H24F3N4O3S-. The number of amides is 1. The van der Waals surface area contributed by atoms with Crippen molar-refractivity contribution in [1.29, 1.82) is 4.78 Å². The Morgan fingerprint density at radius 2 is 1.91 bits per heavy atom. The van der Waals surface area contributed by atoms with E-state index in [-0.39, 0.29) is 11.6 Å². The molecule has 2 heterocycles. The van der Waals surface area contributed by atoms with Gasteiger partial charge in [-0.2, -0.15) is 23.8 Å². The number of carbonyl (C=O) groups excluding carboxylic acids is 1. The molecule has 0 atom stereocenters. The summed E-state index contributed by atoms with van der Waals surface area (Å²) in [5.41, 5.74) is 1.63. The number of alkyl halides is 3. The van der Waals surface area contributed by atoms with Crippen molar-refractivity contribution in [3.05, 3.63) is 42.1 Å². The van der Waals surface area contributed by atoms with Crippen LogP contribution >= 0.6 is 0 Å². The lowest BCUT2D eigenvalue weighted by Gasteiger charge is -2.35. The molecule has 0 radical (unpaired) electrons. The molecular weight excluding hydrogens is 457 g/mol. The van der Waals surface area contributed by atoms with Crippen molar-refractivity contribution >= 4 is 27.9 Å². The zero-order chi connectivity index (χ0) is 23.6. The summed E-state index contributed by atoms with van der Waals surface area (Å²) in [5.74, 6) is -0.620. The van der Waals surface area contributed by atoms with Crippen LogP contribution in [0.1, 0.15) is 42.6 Å². The van der Waals surface area contributed by atoms with Gasteiger partial charge in [0.1, 0.15) is 5.69 Å². The van der Waals surface area contributed by atoms with E-state index in [0.717, 1.165) is 25.9 Å². The van der Waals surface area contributed by atoms with Crippen LogP contribution in [0.4, 0.5) is 24.5 Å². The minimum absolute atomic E-state index is 0.00539. The number of carbonyl (C=O) groups is 1. The molecule has 11 heteroatoms. The second-order valence-corrected chi connectivity index (χ2v) is 9.47. The second-order valence-electron chi connectivity index (χ2n) is 8.46. The van der Waals surface area contributed by atoms with E-state index in [0.29, 0.717) is 21.7 Å². The molecule has 1 saturated heterocycles. The van der Waals surface area contributed by atoms with E-state index in [1.54, 1.807) is 12.1 Å². The lowest BCUT2D eigenvalue weighted by Crippen LogP contribution is -2.35. The number of hydrogen-bond donors (Lipinski definition) is 2. The molecule has 1 aliphatic heterocycles. The van der Waals surface area contributed by atoms with Gasteiger partial charge in [0, 0.05) is 19.2 Å². The first-order chi connectivity index (χ1) is 15.6. The average molecular weight is 482 g/mol. The predicted octanol–water partition coefficient (Wildman–Crippen LogP) is 5.13. The maximum absolute atomic E-state index is 12.8. The molecule has 1 aliphatic carbocycles. The molecule has 0 unspecified atom stereocenters. The lowest BCUT2D eigenvalue weighted by atomic mass is 9.93. The summed E-state index contributed by atoms with van der Waals surface area (Å²) in [6, 6.07) is 9.11. The van der Waals surface area contributed by atoms with Crippen LogP contribution in [0.3, 0.4) is 0 Å². The molecule has 1 aromatic carbocycles. The summed E-state index contributed by atoms with van der Waals surface area (Å²) < 4.78 is 61.3. The van der Waals surface area contributed by atoms with Crippen LogP contribution in [0, 0.1) is 10.2 Å². The Balaban J connectivity index is 1.50. The number of anilines is 2. The number of nitrogens with zero attached hydrogens (tertiary/aromatic N) is 2. The van der Waals surface area contributed by atoms with Gasteiger partial charge in [0.2, 0.25) is 5.88 Å². The van der Waals surface area contributed by atoms with Gasteiger partial charge in [-0.25, -0.2) is 4.98 Å². The number of pyridine rings is 1. The summed E-state index contributed by atoms with van der Waals surface area (Å²) in [6.45, 7) is 1.02. The van der Waals surface area contributed by atoms with Crippen molar-refractivity contribution in [2.75, 3.05) is 29.9 Å². The molecule has 2 aliphatic rings. The molecule has 1 saturated carbocycles. The van der Waals surface area contributed by atoms with Crippen molar-refractivity contribution in [1.82, 2.24) is 4.98 Å². The summed E-state index contributed by atoms with van der Waals surface area (Å²) in [5, 5.41) is 2.80. The van der Waals surface area contributed by atoms with Crippen LogP contribution in [0.2, 0.25) is 0 Å². The lowest BCUT2D eigenvalue weighted by molar-refractivity contribution is -0.139. The highest BCUT2D eigenvalue weighted by Crippen LogP contribution is 2.54. The number of halogens is 3.